The number of carbonyl (C=O) groups is 1. The van der Waals surface area contributed by atoms with Crippen molar-refractivity contribution in [2.24, 2.45) is 0 Å². The molecule has 1 heterocycles. The molecule has 126 valence electrons. The van der Waals surface area contributed by atoms with E-state index < -0.39 is 6.09 Å². The Morgan fingerprint density at radius 1 is 1.33 bits per heavy atom. The van der Waals surface area contributed by atoms with Crippen molar-refractivity contribution in [1.82, 2.24) is 5.32 Å². The van der Waals surface area contributed by atoms with E-state index in [0.29, 0.717) is 16.4 Å². The molecule has 0 spiro atoms. The number of nitrogens with one attached hydrogen (secondary N) is 1. The van der Waals surface area contributed by atoms with Crippen LogP contribution in [0.4, 0.5) is 4.79 Å². The molecule has 0 aliphatic carbocycles. The fourth-order valence-corrected chi connectivity index (χ4v) is 2.32. The molecule has 0 bridgehead atoms. The molecule has 2 rings (SSSR count). The van der Waals surface area contributed by atoms with E-state index in [1.165, 1.54) is 6.92 Å². The van der Waals surface area contributed by atoms with Gasteiger partial charge in [0.05, 0.1) is 0 Å². The first-order chi connectivity index (χ1) is 11.4. The van der Waals surface area contributed by atoms with Crippen LogP contribution in [0.25, 0.3) is 0 Å². The molecule has 0 radical (unpaired) electrons. The van der Waals surface area contributed by atoms with E-state index in [0.717, 1.165) is 13.8 Å². The summed E-state index contributed by atoms with van der Waals surface area (Å²) in [5.74, 6) is 0.0124. The van der Waals surface area contributed by atoms with Crippen LogP contribution in [0.1, 0.15) is 12.5 Å². The molecule has 1 aromatic carbocycles. The second-order valence-corrected chi connectivity index (χ2v) is 5.87. The van der Waals surface area contributed by atoms with Crippen LogP contribution in [0, 0.1) is 0 Å². The molecule has 2 N–H and O–H groups in total. The average molecular weight is 384 g/mol. The summed E-state index contributed by atoms with van der Waals surface area (Å²) < 4.78 is 6.84. The van der Waals surface area contributed by atoms with Gasteiger partial charge >= 0.3 is 6.09 Å². The lowest BCUT2D eigenvalue weighted by atomic mass is 10.2. The molecule has 9 heteroatoms. The van der Waals surface area contributed by atoms with Crippen molar-refractivity contribution in [3.05, 3.63) is 70.4 Å². The predicted molar refractivity (Wildman–Crippen MR) is 92.6 cm³/mol. The van der Waals surface area contributed by atoms with E-state index in [9.17, 15) is 9.90 Å². The van der Waals surface area contributed by atoms with Gasteiger partial charge in [-0.3, -0.25) is 0 Å². The Morgan fingerprint density at radius 2 is 2.00 bits per heavy atom. The molecule has 0 aromatic heterocycles. The molecule has 24 heavy (non-hydrogen) atoms. The summed E-state index contributed by atoms with van der Waals surface area (Å²) in [6.07, 6.45) is 4.10. The summed E-state index contributed by atoms with van der Waals surface area (Å²) in [4.78, 5) is 12.1. The van der Waals surface area contributed by atoms with Gasteiger partial charge in [-0.2, -0.15) is 4.79 Å². The van der Waals surface area contributed by atoms with Crippen molar-refractivity contribution >= 4 is 43.3 Å². The van der Waals surface area contributed by atoms with E-state index in [1.54, 1.807) is 42.6 Å². The number of rotatable bonds is 3. The Hall–Kier alpha value is -2.16. The van der Waals surface area contributed by atoms with Gasteiger partial charge in [-0.25, -0.2) is 0 Å². The normalized spacial score (nSPS) is 16.7. The van der Waals surface area contributed by atoms with Gasteiger partial charge in [-0.05, 0) is 34.8 Å². The van der Waals surface area contributed by atoms with Gasteiger partial charge in [-0.15, -0.1) is 0 Å². The van der Waals surface area contributed by atoms with Crippen LogP contribution in [-0.2, 0) is 37.0 Å². The number of amides is 1. The smallest absolute Gasteiger partial charge is 0.510 e. The Labute approximate surface area is 155 Å². The molecule has 1 aliphatic heterocycles. The molecule has 6 nitrogen and oxygen atoms in total. The summed E-state index contributed by atoms with van der Waals surface area (Å²) in [6.45, 7) is 1.52. The lowest BCUT2D eigenvalue weighted by Crippen LogP contribution is -2.28. The van der Waals surface area contributed by atoms with Gasteiger partial charge in [0.2, 0.25) is 0 Å². The number of nitrogens with zero attached hydrogens (tertiary/aromatic N) is 2. The first kappa shape index (κ1) is 18.2. The van der Waals surface area contributed by atoms with Crippen LogP contribution in [0.2, 0.25) is 5.02 Å². The van der Waals surface area contributed by atoms with Gasteiger partial charge in [0.1, 0.15) is 12.4 Å². The van der Waals surface area contributed by atoms with Crippen molar-refractivity contribution in [1.29, 1.82) is 0 Å². The zero-order chi connectivity index (χ0) is 17.7. The Bertz CT molecular complexity index is 767. The number of halogens is 1. The van der Waals surface area contributed by atoms with Crippen LogP contribution < -0.4 is 5.32 Å². The highest BCUT2D eigenvalue weighted by Gasteiger charge is 2.25. The molecule has 1 aromatic rings. The third-order valence-electron chi connectivity index (χ3n) is 3.00. The van der Waals surface area contributed by atoms with Gasteiger partial charge in [-0.1, -0.05) is 27.8 Å². The average Bonchev–Trinajstić information content (AvgIpc) is 2.59. The van der Waals surface area contributed by atoms with Crippen molar-refractivity contribution in [3.8, 4) is 0 Å². The summed E-state index contributed by atoms with van der Waals surface area (Å²) in [5, 5.41) is 13.1. The molecule has 0 saturated carbocycles. The summed E-state index contributed by atoms with van der Waals surface area (Å²) >= 11 is 15.9. The summed E-state index contributed by atoms with van der Waals surface area (Å²) in [5.41, 5.74) is 1.47. The topological polar surface area (TPSA) is 64.6 Å². The molecular formula is C15H14ClN3O3S2. The highest BCUT2D eigenvalue weighted by Crippen LogP contribution is 2.16. The standard InChI is InChI=1S/C15H14ClN3O3S2/c1-10(20)14-13(3-2-8-17-14)18(23)19(24)15(21)22-9-11-4-6-12(16)7-5-11/h2-8,17,20H,9H2,1H3/b14-10+,19-18+. The molecule has 1 aliphatic rings. The minimum Gasteiger partial charge on any atom is -0.510 e. The van der Waals surface area contributed by atoms with E-state index in [1.807, 2.05) is 0 Å². The SMILES string of the molecule is C/C(O)=C1\NC=CC=C1/[N+]([S-])=[N+](\[S-])C(=O)OCc1ccc(Cl)cc1. The second-order valence-electron chi connectivity index (χ2n) is 4.74. The quantitative estimate of drug-likeness (QED) is 0.362. The number of azo groups is 1. The zero-order valence-electron chi connectivity index (χ0n) is 12.6. The van der Waals surface area contributed by atoms with Crippen molar-refractivity contribution < 1.29 is 22.8 Å². The van der Waals surface area contributed by atoms with E-state index in [4.69, 9.17) is 42.0 Å². The minimum absolute atomic E-state index is 0.0124. The number of ether oxygens (including phenoxy) is 1. The third-order valence-corrected chi connectivity index (χ3v) is 4.03. The fourth-order valence-electron chi connectivity index (χ4n) is 1.83. The van der Waals surface area contributed by atoms with Gasteiger partial charge in [0.25, 0.3) is 5.70 Å². The predicted octanol–water partition coefficient (Wildman–Crippen LogP) is 3.17. The van der Waals surface area contributed by atoms with Crippen molar-refractivity contribution in [2.75, 3.05) is 0 Å². The van der Waals surface area contributed by atoms with Gasteiger partial charge in [0, 0.05) is 17.3 Å². The number of hydrogen-bond donors (Lipinski definition) is 2. The van der Waals surface area contributed by atoms with Crippen LogP contribution >= 0.6 is 11.6 Å². The highest BCUT2D eigenvalue weighted by molar-refractivity contribution is 7.53. The maximum atomic E-state index is 12.1. The van der Waals surface area contributed by atoms with Crippen LogP contribution in [0.5, 0.6) is 0 Å². The number of hydrogen-bond acceptors (Lipinski definition) is 6. The van der Waals surface area contributed by atoms with Crippen LogP contribution in [0.15, 0.2) is 59.8 Å². The molecular weight excluding hydrogens is 370 g/mol. The molecule has 0 unspecified atom stereocenters. The fraction of sp³-hybridized carbons (Fsp3) is 0.133. The zero-order valence-corrected chi connectivity index (χ0v) is 15.0. The van der Waals surface area contributed by atoms with Crippen LogP contribution in [-0.4, -0.2) is 19.4 Å². The second kappa shape index (κ2) is 8.09. The Balaban J connectivity index is 2.14. The van der Waals surface area contributed by atoms with E-state index in [-0.39, 0.29) is 12.4 Å². The number of carbonyl (C=O) groups excluding carboxylic acids is 1. The number of benzene rings is 1. The Morgan fingerprint density at radius 3 is 2.62 bits per heavy atom. The number of aliphatic hydroxyl groups is 1. The minimum atomic E-state index is -0.805. The first-order valence-corrected chi connectivity index (χ1v) is 7.90. The maximum Gasteiger partial charge on any atom is 0.640 e. The first-order valence-electron chi connectivity index (χ1n) is 6.79. The van der Waals surface area contributed by atoms with E-state index >= 15 is 0 Å². The summed E-state index contributed by atoms with van der Waals surface area (Å²) in [7, 11) is 0. The van der Waals surface area contributed by atoms with Crippen molar-refractivity contribution in [3.63, 3.8) is 0 Å². The lowest BCUT2D eigenvalue weighted by molar-refractivity contribution is -0.801. The largest absolute Gasteiger partial charge is 0.640 e. The third kappa shape index (κ3) is 4.44. The highest BCUT2D eigenvalue weighted by atomic mass is 35.5. The number of allylic oxidation sites excluding steroid dienone is 3. The molecule has 1 amide bonds. The monoisotopic (exact) mass is 383 g/mol. The van der Waals surface area contributed by atoms with Crippen molar-refractivity contribution in [2.45, 2.75) is 13.5 Å². The molecule has 0 fully saturated rings. The van der Waals surface area contributed by atoms with Crippen LogP contribution in [0.3, 0.4) is 0 Å². The summed E-state index contributed by atoms with van der Waals surface area (Å²) in [6, 6.07) is 6.87. The molecule has 0 saturated heterocycles. The number of aliphatic hydroxyl groups excluding tert-OH is 1. The maximum absolute atomic E-state index is 12.1. The van der Waals surface area contributed by atoms with Gasteiger partial charge < -0.3 is 40.8 Å². The van der Waals surface area contributed by atoms with Gasteiger partial charge in [0.15, 0.2) is 5.70 Å². The van der Waals surface area contributed by atoms with E-state index in [2.05, 4.69) is 5.32 Å². The number of dihydropyridines is 1. The Kier molecular flexibility index (Phi) is 6.13. The lowest BCUT2D eigenvalue weighted by Gasteiger charge is -2.14. The molecule has 0 atom stereocenters.